The first-order chi connectivity index (χ1) is 7.83. The van der Waals surface area contributed by atoms with Crippen molar-refractivity contribution in [1.29, 1.82) is 0 Å². The topological polar surface area (TPSA) is 18.5 Å². The number of hydrogen-bond acceptors (Lipinski definition) is 2. The van der Waals surface area contributed by atoms with Crippen LogP contribution in [0.15, 0.2) is 36.4 Å². The maximum Gasteiger partial charge on any atom is 2.00 e. The van der Waals surface area contributed by atoms with Gasteiger partial charge in [-0.25, -0.2) is 0 Å². The van der Waals surface area contributed by atoms with Crippen LogP contribution in [0.2, 0.25) is 0 Å². The molecule has 0 fully saturated rings. The summed E-state index contributed by atoms with van der Waals surface area (Å²) in [5.74, 6) is 1.57. The summed E-state index contributed by atoms with van der Waals surface area (Å²) in [4.78, 5) is 0. The Bertz CT molecular complexity index is 537. The number of halogens is 2. The summed E-state index contributed by atoms with van der Waals surface area (Å²) >= 11 is 0. The molecule has 0 N–H and O–H groups in total. The van der Waals surface area contributed by atoms with Crippen LogP contribution < -0.4 is 57.7 Å². The third-order valence-electron chi connectivity index (χ3n) is 2.67. The Balaban J connectivity index is 0. The molecule has 20 heavy (non-hydrogen) atoms. The molecule has 3 rings (SSSR count). The van der Waals surface area contributed by atoms with E-state index in [2.05, 4.69) is 37.3 Å². The molecule has 1 aliphatic heterocycles. The second kappa shape index (κ2) is 9.99. The molecule has 2 aromatic carbocycles. The number of aryl methyl sites for hydroxylation is 1. The summed E-state index contributed by atoms with van der Waals surface area (Å²) in [6.45, 7) is 2.38. The molecule has 2 aromatic rings. The van der Waals surface area contributed by atoms with Gasteiger partial charge in [0.15, 0.2) is 0 Å². The normalized spacial score (nSPS) is 10.2. The summed E-state index contributed by atoms with van der Waals surface area (Å²) in [6, 6.07) is 15.4. The molecule has 0 aromatic heterocycles. The van der Waals surface area contributed by atoms with Crippen molar-refractivity contribution in [2.24, 2.45) is 0 Å². The van der Waals surface area contributed by atoms with Gasteiger partial charge in [0.2, 0.25) is 6.79 Å². The van der Waals surface area contributed by atoms with Crippen LogP contribution in [0, 0.1) is 13.0 Å². The van der Waals surface area contributed by atoms with Crippen LogP contribution in [-0.4, -0.2) is 29.8 Å². The Morgan fingerprint density at radius 3 is 2.30 bits per heavy atom. The van der Waals surface area contributed by atoms with E-state index < -0.39 is 0 Å². The van der Waals surface area contributed by atoms with E-state index in [1.54, 1.807) is 0 Å². The van der Waals surface area contributed by atoms with E-state index in [-0.39, 0.29) is 71.3 Å². The Morgan fingerprint density at radius 1 is 1.05 bits per heavy atom. The predicted octanol–water partition coefficient (Wildman–Crippen LogP) is -6.18. The number of rotatable bonds is 1. The van der Waals surface area contributed by atoms with Crippen molar-refractivity contribution in [3.63, 3.8) is 0 Å². The molecule has 6 heteroatoms. The minimum absolute atomic E-state index is 0. The molecular weight excluding hydrogens is 347 g/mol. The fourth-order valence-electron chi connectivity index (χ4n) is 1.74. The molecule has 96 valence electrons. The molecule has 0 atom stereocenters. The Hall–Kier alpha value is 0.174. The van der Waals surface area contributed by atoms with Crippen LogP contribution in [0.5, 0.6) is 11.5 Å². The van der Waals surface area contributed by atoms with Crippen LogP contribution in [0.3, 0.4) is 0 Å². The molecule has 0 saturated heterocycles. The first-order valence-electron chi connectivity index (χ1n) is 5.21. The zero-order valence-corrected chi connectivity index (χ0v) is 15.2. The summed E-state index contributed by atoms with van der Waals surface area (Å²) in [5, 5.41) is 0. The van der Waals surface area contributed by atoms with Crippen molar-refractivity contribution in [3.8, 4) is 22.6 Å². The van der Waals surface area contributed by atoms with E-state index in [1.807, 2.05) is 12.1 Å². The zero-order chi connectivity index (χ0) is 11.0. The SMILES string of the molecule is Cc1ccc(-c2[c-]cc3c(c2)OCO3)cc1.[Br-].[Cl-].[Li+].[Mg+2]. The molecule has 1 heterocycles. The summed E-state index contributed by atoms with van der Waals surface area (Å²) < 4.78 is 10.6. The number of fused-ring (bicyclic) bond motifs is 1. The second-order valence-corrected chi connectivity index (χ2v) is 3.85. The monoisotopic (exact) mass is 356 g/mol. The third-order valence-corrected chi connectivity index (χ3v) is 2.67. The Labute approximate surface area is 164 Å². The van der Waals surface area contributed by atoms with Gasteiger partial charge in [0, 0.05) is 0 Å². The van der Waals surface area contributed by atoms with Crippen molar-refractivity contribution in [2.75, 3.05) is 6.79 Å². The van der Waals surface area contributed by atoms with Crippen molar-refractivity contribution in [1.82, 2.24) is 0 Å². The molecule has 1 aliphatic rings. The quantitative estimate of drug-likeness (QED) is 0.374. The van der Waals surface area contributed by atoms with Crippen molar-refractivity contribution in [2.45, 2.75) is 6.92 Å². The fourth-order valence-corrected chi connectivity index (χ4v) is 1.74. The molecule has 2 nitrogen and oxygen atoms in total. The maximum absolute atomic E-state index is 5.34. The van der Waals surface area contributed by atoms with E-state index in [4.69, 9.17) is 9.47 Å². The second-order valence-electron chi connectivity index (χ2n) is 3.85. The van der Waals surface area contributed by atoms with Crippen LogP contribution in [0.25, 0.3) is 11.1 Å². The number of ether oxygens (including phenoxy) is 2. The van der Waals surface area contributed by atoms with Gasteiger partial charge < -0.3 is 38.9 Å². The molecule has 0 bridgehead atoms. The Kier molecular flexibility index (Phi) is 11.2. The van der Waals surface area contributed by atoms with Gasteiger partial charge in [0.1, 0.15) is 0 Å². The summed E-state index contributed by atoms with van der Waals surface area (Å²) in [5.41, 5.74) is 3.43. The molecule has 0 saturated carbocycles. The number of benzene rings is 2. The van der Waals surface area contributed by atoms with Crippen molar-refractivity contribution >= 4 is 23.1 Å². The average Bonchev–Trinajstić information content (AvgIpc) is 2.77. The largest absolute Gasteiger partial charge is 2.00 e. The predicted molar refractivity (Wildman–Crippen MR) is 67.3 cm³/mol. The van der Waals surface area contributed by atoms with Crippen LogP contribution in [0.4, 0.5) is 0 Å². The molecule has 0 unspecified atom stereocenters. The molecule has 0 aliphatic carbocycles. The van der Waals surface area contributed by atoms with Crippen LogP contribution >= 0.6 is 0 Å². The standard InChI is InChI=1S/C14H11O2.BrH.ClH.Li.Mg/c1-10-2-4-11(5-3-10)12-6-7-13-14(8-12)16-9-15-13;;;;/h2-5,7-8H,9H2,1H3;2*1H;;/q-1;;;+1;+2/p-2. The van der Waals surface area contributed by atoms with E-state index in [9.17, 15) is 0 Å². The van der Waals surface area contributed by atoms with Gasteiger partial charge >= 0.3 is 41.9 Å². The van der Waals surface area contributed by atoms with E-state index in [0.29, 0.717) is 6.79 Å². The van der Waals surface area contributed by atoms with Gasteiger partial charge in [-0.15, -0.1) is 17.7 Å². The van der Waals surface area contributed by atoms with Crippen LogP contribution in [-0.2, 0) is 0 Å². The summed E-state index contributed by atoms with van der Waals surface area (Å²) in [6.07, 6.45) is 0. The average molecular weight is 358 g/mol. The van der Waals surface area contributed by atoms with Gasteiger partial charge in [0.25, 0.3) is 0 Å². The minimum Gasteiger partial charge on any atom is -1.00 e. The first-order valence-corrected chi connectivity index (χ1v) is 5.21. The minimum atomic E-state index is 0. The van der Waals surface area contributed by atoms with E-state index in [0.717, 1.165) is 22.6 Å². The van der Waals surface area contributed by atoms with Gasteiger partial charge in [-0.3, -0.25) is 0 Å². The molecule has 0 amide bonds. The Morgan fingerprint density at radius 2 is 1.65 bits per heavy atom. The fraction of sp³-hybridized carbons (Fsp3) is 0.143. The van der Waals surface area contributed by atoms with Crippen LogP contribution in [0.1, 0.15) is 5.56 Å². The van der Waals surface area contributed by atoms with Gasteiger partial charge in [-0.05, 0) is 6.92 Å². The van der Waals surface area contributed by atoms with Gasteiger partial charge in [-0.2, -0.15) is 0 Å². The van der Waals surface area contributed by atoms with E-state index in [1.165, 1.54) is 5.56 Å². The third kappa shape index (κ3) is 4.87. The maximum atomic E-state index is 5.34. The molecule has 0 spiro atoms. The number of hydrogen-bond donors (Lipinski definition) is 0. The van der Waals surface area contributed by atoms with Crippen molar-refractivity contribution < 1.29 is 57.7 Å². The van der Waals surface area contributed by atoms with Gasteiger partial charge in [-0.1, -0.05) is 41.5 Å². The summed E-state index contributed by atoms with van der Waals surface area (Å²) in [7, 11) is 0. The van der Waals surface area contributed by atoms with Crippen molar-refractivity contribution in [3.05, 3.63) is 48.0 Å². The van der Waals surface area contributed by atoms with Gasteiger partial charge in [0.05, 0.1) is 11.5 Å². The zero-order valence-electron chi connectivity index (χ0n) is 11.5. The molecular formula is C14H11BrClLiMgO2. The smallest absolute Gasteiger partial charge is 1.00 e. The molecule has 0 radical (unpaired) electrons. The van der Waals surface area contributed by atoms with E-state index >= 15 is 0 Å². The first kappa shape index (κ1) is 22.5.